The molecular formula is C52H68N8O6. The predicted octanol–water partition coefficient (Wildman–Crippen LogP) is 9.01. The maximum absolute atomic E-state index is 8.82. The minimum Gasteiger partial charge on any atom is -0.494 e. The quantitative estimate of drug-likeness (QED) is 0.0227. The van der Waals surface area contributed by atoms with Crippen molar-refractivity contribution in [1.29, 1.82) is 5.26 Å². The molecule has 0 amide bonds. The molecule has 0 unspecified atom stereocenters. The van der Waals surface area contributed by atoms with Gasteiger partial charge in [-0.25, -0.2) is 4.85 Å². The van der Waals surface area contributed by atoms with Gasteiger partial charge in [-0.3, -0.25) is 0 Å². The van der Waals surface area contributed by atoms with Crippen molar-refractivity contribution in [3.8, 4) is 29.1 Å². The maximum Gasteiger partial charge on any atom is 0.187 e. The highest BCUT2D eigenvalue weighted by Gasteiger charge is 2.20. The summed E-state index contributed by atoms with van der Waals surface area (Å²) in [5, 5.41) is 16.3. The highest BCUT2D eigenvalue weighted by atomic mass is 16.6. The average Bonchev–Trinajstić information content (AvgIpc) is 3.36. The largest absolute Gasteiger partial charge is 0.494 e. The van der Waals surface area contributed by atoms with Crippen LogP contribution in [0.25, 0.3) is 4.85 Å². The van der Waals surface area contributed by atoms with E-state index in [1.807, 2.05) is 72.8 Å². The zero-order valence-electron chi connectivity index (χ0n) is 38.8. The van der Waals surface area contributed by atoms with Crippen molar-refractivity contribution in [2.45, 2.75) is 64.2 Å². The molecule has 2 aliphatic heterocycles. The van der Waals surface area contributed by atoms with Gasteiger partial charge in [0, 0.05) is 24.2 Å². The summed E-state index contributed by atoms with van der Waals surface area (Å²) in [4.78, 5) is 17.9. The molecule has 2 fully saturated rings. The number of nitrogens with two attached hydrogens (primary N) is 2. The number of amidine groups is 2. The van der Waals surface area contributed by atoms with Crippen LogP contribution < -0.4 is 30.4 Å². The predicted molar refractivity (Wildman–Crippen MR) is 260 cm³/mol. The third-order valence-corrected chi connectivity index (χ3v) is 11.9. The summed E-state index contributed by atoms with van der Waals surface area (Å²) in [6.45, 7) is 16.6. The number of oxime groups is 2. The van der Waals surface area contributed by atoms with Gasteiger partial charge in [-0.15, -0.1) is 0 Å². The third-order valence-electron chi connectivity index (χ3n) is 11.9. The Morgan fingerprint density at radius 3 is 1.27 bits per heavy atom. The third kappa shape index (κ3) is 18.6. The van der Waals surface area contributed by atoms with Gasteiger partial charge in [-0.1, -0.05) is 22.4 Å². The number of likely N-dealkylation sites (tertiary alicyclic amines) is 2. The molecular weight excluding hydrogens is 833 g/mol. The Labute approximate surface area is 391 Å². The van der Waals surface area contributed by atoms with E-state index < -0.39 is 0 Å². The first-order valence-corrected chi connectivity index (χ1v) is 23.2. The smallest absolute Gasteiger partial charge is 0.187 e. The SMILES string of the molecule is CO/N=C(\N)c1ccc(OCCCC2CCN(CCCOc3ccc(/C(N)=N/OC)cc3)CC2)cc1.[C-]#[N+]c1ccc(OCCCN2CCC(CCCOc3ccc(C#N)cc3)CC2)cc1. The van der Waals surface area contributed by atoms with Crippen LogP contribution in [0, 0.1) is 29.7 Å². The van der Waals surface area contributed by atoms with Gasteiger partial charge in [0.05, 0.1) is 44.6 Å². The highest BCUT2D eigenvalue weighted by Crippen LogP contribution is 2.25. The summed E-state index contributed by atoms with van der Waals surface area (Å²) in [6, 6.07) is 31.9. The van der Waals surface area contributed by atoms with E-state index in [1.54, 1.807) is 24.3 Å². The second kappa shape index (κ2) is 29.1. The molecule has 6 rings (SSSR count). The molecule has 352 valence electrons. The molecule has 0 saturated carbocycles. The summed E-state index contributed by atoms with van der Waals surface area (Å²) in [6.07, 6.45) is 11.6. The van der Waals surface area contributed by atoms with Gasteiger partial charge in [-0.05, 0) is 187 Å². The minimum atomic E-state index is 0.352. The van der Waals surface area contributed by atoms with Gasteiger partial charge >= 0.3 is 0 Å². The monoisotopic (exact) mass is 901 g/mol. The molecule has 0 aromatic heterocycles. The van der Waals surface area contributed by atoms with Crippen LogP contribution in [0.5, 0.6) is 23.0 Å². The molecule has 4 N–H and O–H groups in total. The summed E-state index contributed by atoms with van der Waals surface area (Å²) < 4.78 is 23.3. The van der Waals surface area contributed by atoms with Gasteiger partial charge in [0.1, 0.15) is 37.2 Å². The zero-order chi connectivity index (χ0) is 46.6. The van der Waals surface area contributed by atoms with Crippen LogP contribution in [-0.4, -0.2) is 101 Å². The van der Waals surface area contributed by atoms with Crippen molar-refractivity contribution in [3.05, 3.63) is 125 Å². The van der Waals surface area contributed by atoms with E-state index in [2.05, 4.69) is 31.0 Å². The highest BCUT2D eigenvalue weighted by molar-refractivity contribution is 5.97. The molecule has 4 aromatic carbocycles. The van der Waals surface area contributed by atoms with Crippen LogP contribution in [0.3, 0.4) is 0 Å². The summed E-state index contributed by atoms with van der Waals surface area (Å²) >= 11 is 0. The number of nitriles is 1. The van der Waals surface area contributed by atoms with Crippen LogP contribution in [-0.2, 0) is 9.68 Å². The van der Waals surface area contributed by atoms with Crippen LogP contribution in [0.2, 0.25) is 0 Å². The van der Waals surface area contributed by atoms with Gasteiger partial charge in [0.2, 0.25) is 0 Å². The molecule has 2 heterocycles. The average molecular weight is 901 g/mol. The fraction of sp³-hybridized carbons (Fsp3) is 0.462. The van der Waals surface area contributed by atoms with Crippen LogP contribution in [0.1, 0.15) is 80.9 Å². The summed E-state index contributed by atoms with van der Waals surface area (Å²) in [5.74, 6) is 5.65. The Balaban J connectivity index is 0.000000251. The molecule has 14 nitrogen and oxygen atoms in total. The second-order valence-corrected chi connectivity index (χ2v) is 16.6. The Morgan fingerprint density at radius 1 is 0.576 bits per heavy atom. The number of piperidine rings is 2. The number of hydrogen-bond donors (Lipinski definition) is 2. The zero-order valence-corrected chi connectivity index (χ0v) is 38.8. The Bertz CT molecular complexity index is 1950. The normalized spacial score (nSPS) is 15.1. The molecule has 0 bridgehead atoms. The number of benzene rings is 4. The first kappa shape index (κ1) is 50.5. The molecule has 0 spiro atoms. The van der Waals surface area contributed by atoms with E-state index in [9.17, 15) is 0 Å². The van der Waals surface area contributed by atoms with Crippen molar-refractivity contribution < 1.29 is 28.6 Å². The number of nitrogens with zero attached hydrogens (tertiary/aromatic N) is 6. The van der Waals surface area contributed by atoms with E-state index in [4.69, 9.17) is 51.9 Å². The van der Waals surface area contributed by atoms with E-state index >= 15 is 0 Å². The number of hydrogen-bond acceptors (Lipinski definition) is 11. The lowest BCUT2D eigenvalue weighted by Gasteiger charge is -2.32. The fourth-order valence-electron chi connectivity index (χ4n) is 8.07. The lowest BCUT2D eigenvalue weighted by Crippen LogP contribution is -2.35. The first-order chi connectivity index (χ1) is 32.3. The Kier molecular flexibility index (Phi) is 22.3. The van der Waals surface area contributed by atoms with Gasteiger partial charge in [-0.2, -0.15) is 5.26 Å². The van der Waals surface area contributed by atoms with E-state index in [0.717, 1.165) is 111 Å². The fourth-order valence-corrected chi connectivity index (χ4v) is 8.07. The standard InChI is InChI=1S/C27H39N5O4.C25H29N3O2/c1-33-30-26(28)22-6-10-24(11-7-22)35-19-3-5-21-14-17-32(18-15-21)16-4-20-36-25-12-8-23(9-13-25)27(29)31-34-2;1-27-23-7-11-25(12-8-23)30-19-3-15-28-16-13-21(14-17-28)4-2-18-29-24-9-5-22(20-26)6-10-24/h6-13,21H,3-5,14-20H2,1-2H3,(H2,28,30)(H2,29,31);5-12,21H,2-4,13-19H2. The molecule has 0 radical (unpaired) electrons. The summed E-state index contributed by atoms with van der Waals surface area (Å²) in [7, 11) is 2.95. The Hall–Kier alpha value is -6.48. The van der Waals surface area contributed by atoms with Gasteiger partial charge in [0.25, 0.3) is 0 Å². The van der Waals surface area contributed by atoms with E-state index in [1.165, 1.54) is 65.8 Å². The van der Waals surface area contributed by atoms with Crippen LogP contribution in [0.4, 0.5) is 5.69 Å². The number of ether oxygens (including phenoxy) is 4. The van der Waals surface area contributed by atoms with Crippen molar-refractivity contribution in [1.82, 2.24) is 9.80 Å². The lowest BCUT2D eigenvalue weighted by molar-refractivity contribution is 0.161. The Morgan fingerprint density at radius 2 is 0.924 bits per heavy atom. The van der Waals surface area contributed by atoms with Crippen molar-refractivity contribution >= 4 is 17.4 Å². The molecule has 0 atom stereocenters. The maximum atomic E-state index is 8.82. The van der Waals surface area contributed by atoms with Gasteiger partial charge in [0.15, 0.2) is 17.4 Å². The molecule has 14 heteroatoms. The topological polar surface area (TPSA) is 167 Å². The minimum absolute atomic E-state index is 0.352. The molecule has 2 aliphatic rings. The van der Waals surface area contributed by atoms with E-state index in [0.29, 0.717) is 36.1 Å². The lowest BCUT2D eigenvalue weighted by atomic mass is 9.92. The molecule has 4 aromatic rings. The first-order valence-electron chi connectivity index (χ1n) is 23.2. The number of rotatable bonds is 24. The molecule has 2 saturated heterocycles. The summed E-state index contributed by atoms with van der Waals surface area (Å²) in [5.41, 5.74) is 14.6. The van der Waals surface area contributed by atoms with Crippen LogP contribution in [0.15, 0.2) is 107 Å². The van der Waals surface area contributed by atoms with E-state index in [-0.39, 0.29) is 0 Å². The van der Waals surface area contributed by atoms with Crippen LogP contribution >= 0.6 is 0 Å². The van der Waals surface area contributed by atoms with Crippen molar-refractivity contribution in [2.75, 3.05) is 79.9 Å². The van der Waals surface area contributed by atoms with Gasteiger partial charge < -0.3 is 49.9 Å². The van der Waals surface area contributed by atoms with Crippen molar-refractivity contribution in [2.24, 2.45) is 33.6 Å². The molecule has 0 aliphatic carbocycles. The van der Waals surface area contributed by atoms with Crippen molar-refractivity contribution in [3.63, 3.8) is 0 Å². The second-order valence-electron chi connectivity index (χ2n) is 16.6. The molecule has 66 heavy (non-hydrogen) atoms.